The van der Waals surface area contributed by atoms with Gasteiger partial charge in [-0.05, 0) is 6.42 Å². The molecule has 1 fully saturated rings. The van der Waals surface area contributed by atoms with Gasteiger partial charge in [0.15, 0.2) is 22.8 Å². The maximum absolute atomic E-state index is 12.6. The van der Waals surface area contributed by atoms with Gasteiger partial charge < -0.3 is 60.8 Å². The number of ether oxygens (including phenoxy) is 1. The second-order valence-corrected chi connectivity index (χ2v) is 17.8. The molecular weight excluding hydrogens is 851 g/mol. The third-order valence-electron chi connectivity index (χ3n) is 7.29. The summed E-state index contributed by atoms with van der Waals surface area (Å²) in [7, 11) is -16.4. The van der Waals surface area contributed by atoms with E-state index >= 15 is 0 Å². The van der Waals surface area contributed by atoms with Crippen LogP contribution in [0.4, 0.5) is 5.82 Å². The first-order chi connectivity index (χ1) is 26.5. The SMILES string of the molecule is CCCC(=O)SCCNC(=O)CCNC(=O)[C@H](O)C(C)(C)COP(=O)(O)OP(=O)(O)OC[C@H]1O[C@@H](n2cnc3c(N)ncnc32)[C@H](O)[C@@H]1OP(=O)(O)O.O=CCO. The number of aromatic nitrogens is 4. The Bertz CT molecular complexity index is 1820. The fourth-order valence-corrected chi connectivity index (χ4v) is 8.18. The Morgan fingerprint density at radius 1 is 1.07 bits per heavy atom. The Hall–Kier alpha value is -2.81. The lowest BCUT2D eigenvalue weighted by Gasteiger charge is -2.30. The molecule has 0 saturated carbocycles. The molecule has 3 rings (SSSR count). The molecule has 2 unspecified atom stereocenters. The third-order valence-corrected chi connectivity index (χ3v) is 11.3. The number of fused-ring (bicyclic) bond motifs is 1. The number of rotatable bonds is 22. The predicted octanol–water partition coefficient (Wildman–Crippen LogP) is -1.36. The molecule has 11 N–H and O–H groups in total. The lowest BCUT2D eigenvalue weighted by atomic mass is 9.87. The lowest BCUT2D eigenvalue weighted by molar-refractivity contribution is -0.137. The summed E-state index contributed by atoms with van der Waals surface area (Å²) in [5.41, 5.74) is 4.27. The Labute approximate surface area is 328 Å². The van der Waals surface area contributed by atoms with E-state index < -0.39 is 84.6 Å². The summed E-state index contributed by atoms with van der Waals surface area (Å²) in [4.78, 5) is 95.7. The summed E-state index contributed by atoms with van der Waals surface area (Å²) >= 11 is 1.09. The maximum Gasteiger partial charge on any atom is 0.481 e. The van der Waals surface area contributed by atoms with Gasteiger partial charge in [-0.2, -0.15) is 4.31 Å². The molecule has 2 amide bonds. The van der Waals surface area contributed by atoms with Crippen LogP contribution < -0.4 is 16.4 Å². The van der Waals surface area contributed by atoms with Crippen LogP contribution in [0.15, 0.2) is 12.7 Å². The van der Waals surface area contributed by atoms with Crippen molar-refractivity contribution < 1.29 is 90.4 Å². The summed E-state index contributed by atoms with van der Waals surface area (Å²) in [6, 6.07) is 0. The van der Waals surface area contributed by atoms with E-state index in [9.17, 15) is 57.9 Å². The number of imidazole rings is 1. The van der Waals surface area contributed by atoms with Crippen LogP contribution in [0.25, 0.3) is 11.2 Å². The number of thioether (sulfide) groups is 1. The highest BCUT2D eigenvalue weighted by Crippen LogP contribution is 2.61. The number of aliphatic hydroxyl groups is 3. The number of aldehydes is 1. The molecule has 7 atom stereocenters. The quantitative estimate of drug-likeness (QED) is 0.0371. The van der Waals surface area contributed by atoms with Crippen LogP contribution in [-0.4, -0.2) is 141 Å². The number of nitrogen functional groups attached to an aromatic ring is 1. The van der Waals surface area contributed by atoms with Crippen LogP contribution in [0.5, 0.6) is 0 Å². The van der Waals surface area contributed by atoms with Crippen molar-refractivity contribution in [2.24, 2.45) is 5.41 Å². The van der Waals surface area contributed by atoms with Crippen LogP contribution in [0.1, 0.15) is 46.3 Å². The van der Waals surface area contributed by atoms with Crippen LogP contribution in [-0.2, 0) is 55.5 Å². The average Bonchev–Trinajstić information content (AvgIpc) is 3.68. The molecule has 1 aliphatic heterocycles. The Kier molecular flexibility index (Phi) is 19.9. The molecule has 2 aromatic rings. The number of phosphoric acid groups is 3. The van der Waals surface area contributed by atoms with Crippen molar-refractivity contribution in [1.29, 1.82) is 0 Å². The number of aliphatic hydroxyl groups excluding tert-OH is 3. The summed E-state index contributed by atoms with van der Waals surface area (Å²) < 4.78 is 61.9. The van der Waals surface area contributed by atoms with Crippen molar-refractivity contribution in [1.82, 2.24) is 30.2 Å². The van der Waals surface area contributed by atoms with Crippen LogP contribution in [0, 0.1) is 5.41 Å². The summed E-state index contributed by atoms with van der Waals surface area (Å²) in [6.07, 6.45) is -5.30. The fraction of sp³-hybridized carbons (Fsp3) is 0.667. The van der Waals surface area contributed by atoms with Crippen molar-refractivity contribution in [2.75, 3.05) is 44.4 Å². The molecule has 1 saturated heterocycles. The van der Waals surface area contributed by atoms with Gasteiger partial charge in [0.05, 0.1) is 26.1 Å². The minimum absolute atomic E-state index is 0.0127. The van der Waals surface area contributed by atoms with Gasteiger partial charge in [-0.25, -0.2) is 28.6 Å². The number of hydrogen-bond acceptors (Lipinski definition) is 20. The first-order valence-corrected chi connectivity index (χ1v) is 22.1. The lowest BCUT2D eigenvalue weighted by Crippen LogP contribution is -2.46. The number of carbonyl (C=O) groups excluding carboxylic acids is 4. The van der Waals surface area contributed by atoms with Crippen molar-refractivity contribution in [3.63, 3.8) is 0 Å². The normalized spacial score (nSPS) is 21.1. The summed E-state index contributed by atoms with van der Waals surface area (Å²) in [5, 5.41) is 33.8. The zero-order valence-electron chi connectivity index (χ0n) is 30.6. The molecule has 57 heavy (non-hydrogen) atoms. The standard InChI is InChI=1S/C25H42N7O17P3S.C2H4O2/c1-4-5-16(34)53-9-8-27-15(33)6-7-28-23(37)20(36)25(2,3)11-46-52(43,44)49-51(41,42)45-10-14-19(48-50(38,39)40)18(35)24(47-14)32-13-31-17-21(26)29-12-30-22(17)32;3-1-2-4/h12-14,18-20,24,35-36H,4-11H2,1-3H3,(H,27,33)(H,28,37)(H,41,42)(H,43,44)(H2,26,29,30)(H2,38,39,40);1,4H,2H2/t14-,18-,19-,20+,24-;/m1./s1. The van der Waals surface area contributed by atoms with E-state index in [0.29, 0.717) is 18.5 Å². The van der Waals surface area contributed by atoms with E-state index in [-0.39, 0.29) is 48.2 Å². The third kappa shape index (κ3) is 16.8. The Morgan fingerprint density at radius 2 is 1.72 bits per heavy atom. The molecule has 0 spiro atoms. The molecule has 26 nitrogen and oxygen atoms in total. The molecule has 0 aliphatic carbocycles. The van der Waals surface area contributed by atoms with E-state index in [1.807, 2.05) is 6.92 Å². The van der Waals surface area contributed by atoms with E-state index in [1.165, 1.54) is 13.8 Å². The number of anilines is 1. The highest BCUT2D eigenvalue weighted by atomic mass is 32.2. The molecule has 0 aromatic carbocycles. The van der Waals surface area contributed by atoms with E-state index in [4.69, 9.17) is 29.4 Å². The smallest absolute Gasteiger partial charge is 0.389 e. The molecule has 0 radical (unpaired) electrons. The van der Waals surface area contributed by atoms with Gasteiger partial charge in [-0.15, -0.1) is 0 Å². The number of phosphoric ester groups is 3. The van der Waals surface area contributed by atoms with Gasteiger partial charge in [0.25, 0.3) is 0 Å². The monoisotopic (exact) mass is 897 g/mol. The molecular formula is C27H46N7O19P3S. The minimum Gasteiger partial charge on any atom is -0.389 e. The topological polar surface area (TPSA) is 401 Å². The molecule has 1 aliphatic rings. The zero-order chi connectivity index (χ0) is 43.2. The first kappa shape index (κ1) is 50.3. The largest absolute Gasteiger partial charge is 0.481 e. The maximum atomic E-state index is 12.6. The van der Waals surface area contributed by atoms with Crippen molar-refractivity contribution >= 4 is 75.4 Å². The number of nitrogens with zero attached hydrogens (tertiary/aromatic N) is 4. The molecule has 30 heteroatoms. The van der Waals surface area contributed by atoms with Crippen molar-refractivity contribution in [3.8, 4) is 0 Å². The van der Waals surface area contributed by atoms with Crippen molar-refractivity contribution in [3.05, 3.63) is 12.7 Å². The molecule has 3 heterocycles. The van der Waals surface area contributed by atoms with E-state index in [2.05, 4.69) is 34.4 Å². The average molecular weight is 898 g/mol. The van der Waals surface area contributed by atoms with Gasteiger partial charge in [0.2, 0.25) is 11.8 Å². The fourth-order valence-electron chi connectivity index (χ4n) is 4.57. The number of nitrogens with two attached hydrogens (primary N) is 1. The van der Waals surface area contributed by atoms with Crippen LogP contribution in [0.2, 0.25) is 0 Å². The van der Waals surface area contributed by atoms with Crippen LogP contribution in [0.3, 0.4) is 0 Å². The Morgan fingerprint density at radius 3 is 2.33 bits per heavy atom. The summed E-state index contributed by atoms with van der Waals surface area (Å²) in [5.74, 6) is -1.06. The van der Waals surface area contributed by atoms with E-state index in [0.717, 1.165) is 35.4 Å². The van der Waals surface area contributed by atoms with Gasteiger partial charge in [0.1, 0.15) is 42.5 Å². The summed E-state index contributed by atoms with van der Waals surface area (Å²) in [6.45, 7) is 2.05. The van der Waals surface area contributed by atoms with Gasteiger partial charge in [-0.1, -0.05) is 32.5 Å². The number of amides is 2. The van der Waals surface area contributed by atoms with Gasteiger partial charge in [-0.3, -0.25) is 32.5 Å². The highest BCUT2D eigenvalue weighted by Gasteiger charge is 2.50. The minimum atomic E-state index is -5.56. The predicted molar refractivity (Wildman–Crippen MR) is 195 cm³/mol. The molecule has 324 valence electrons. The zero-order valence-corrected chi connectivity index (χ0v) is 34.1. The number of nitrogens with one attached hydrogen (secondary N) is 2. The molecule has 0 bridgehead atoms. The van der Waals surface area contributed by atoms with Gasteiger partial charge >= 0.3 is 23.5 Å². The first-order valence-electron chi connectivity index (χ1n) is 16.6. The van der Waals surface area contributed by atoms with Crippen molar-refractivity contribution in [2.45, 2.75) is 70.7 Å². The Balaban J connectivity index is 0.00000267. The number of carbonyl (C=O) groups is 4. The highest BCUT2D eigenvalue weighted by molar-refractivity contribution is 8.13. The van der Waals surface area contributed by atoms with Gasteiger partial charge in [0, 0.05) is 37.1 Å². The molecule has 2 aromatic heterocycles. The van der Waals surface area contributed by atoms with E-state index in [1.54, 1.807) is 0 Å². The number of hydrogen-bond donors (Lipinski definition) is 10. The second-order valence-electron chi connectivity index (χ2n) is 12.4. The van der Waals surface area contributed by atoms with Crippen LogP contribution >= 0.6 is 35.2 Å². The second kappa shape index (κ2) is 22.5.